The van der Waals surface area contributed by atoms with Gasteiger partial charge in [0.2, 0.25) is 0 Å². The first kappa shape index (κ1) is 10.4. The summed E-state index contributed by atoms with van der Waals surface area (Å²) in [5, 5.41) is 5.62. The van der Waals surface area contributed by atoms with E-state index in [2.05, 4.69) is 21.0 Å². The van der Waals surface area contributed by atoms with E-state index in [0.717, 1.165) is 11.3 Å². The number of hydrogen-bond donors (Lipinski definition) is 0. The predicted molar refractivity (Wildman–Crippen MR) is 63.1 cm³/mol. The van der Waals surface area contributed by atoms with Crippen molar-refractivity contribution in [3.63, 3.8) is 0 Å². The van der Waals surface area contributed by atoms with E-state index < -0.39 is 4.32 Å². The number of hydrazone groups is 1. The van der Waals surface area contributed by atoms with E-state index in [1.54, 1.807) is 7.05 Å². The van der Waals surface area contributed by atoms with E-state index in [0.29, 0.717) is 0 Å². The molecule has 3 nitrogen and oxygen atoms in total. The highest BCUT2D eigenvalue weighted by molar-refractivity contribution is 9.10. The average molecular weight is 267 g/mol. The summed E-state index contributed by atoms with van der Waals surface area (Å²) in [5.41, 5.74) is 1.73. The maximum absolute atomic E-state index is 11.8. The van der Waals surface area contributed by atoms with Crippen molar-refractivity contribution in [2.45, 2.75) is 11.2 Å². The zero-order chi connectivity index (χ0) is 11.1. The average Bonchev–Trinajstić information content (AvgIpc) is 2.43. The summed E-state index contributed by atoms with van der Waals surface area (Å²) in [6.45, 7) is 1.82. The topological polar surface area (TPSA) is 32.7 Å². The minimum absolute atomic E-state index is 0.0404. The number of amides is 1. The molecule has 1 aromatic rings. The Morgan fingerprint density at radius 2 is 1.93 bits per heavy atom. The Balaban J connectivity index is 2.48. The van der Waals surface area contributed by atoms with Gasteiger partial charge in [0.05, 0.1) is 5.71 Å². The van der Waals surface area contributed by atoms with Crippen molar-refractivity contribution in [3.05, 3.63) is 35.9 Å². The van der Waals surface area contributed by atoms with E-state index in [1.165, 1.54) is 5.01 Å². The third-order valence-electron chi connectivity index (χ3n) is 2.44. The third kappa shape index (κ3) is 1.59. The van der Waals surface area contributed by atoms with Crippen molar-refractivity contribution in [2.75, 3.05) is 7.05 Å². The highest BCUT2D eigenvalue weighted by Gasteiger charge is 2.44. The van der Waals surface area contributed by atoms with Crippen LogP contribution in [0, 0.1) is 0 Å². The van der Waals surface area contributed by atoms with E-state index in [1.807, 2.05) is 37.3 Å². The molecule has 0 spiro atoms. The van der Waals surface area contributed by atoms with Crippen molar-refractivity contribution >= 4 is 27.5 Å². The molecule has 0 fully saturated rings. The van der Waals surface area contributed by atoms with E-state index in [4.69, 9.17) is 0 Å². The summed E-state index contributed by atoms with van der Waals surface area (Å²) >= 11 is 3.43. The SMILES string of the molecule is CN1N=C(c2ccccc2)C(C)(Br)C1=O. The van der Waals surface area contributed by atoms with Crippen LogP contribution in [0.15, 0.2) is 35.4 Å². The van der Waals surface area contributed by atoms with Gasteiger partial charge in [-0.3, -0.25) is 4.79 Å². The van der Waals surface area contributed by atoms with Crippen molar-refractivity contribution in [3.8, 4) is 0 Å². The molecule has 4 heteroatoms. The summed E-state index contributed by atoms with van der Waals surface area (Å²) in [6, 6.07) is 9.71. The molecule has 1 heterocycles. The number of halogens is 1. The predicted octanol–water partition coefficient (Wildman–Crippen LogP) is 2.02. The summed E-state index contributed by atoms with van der Waals surface area (Å²) in [5.74, 6) is -0.0404. The quantitative estimate of drug-likeness (QED) is 0.716. The van der Waals surface area contributed by atoms with Crippen LogP contribution >= 0.6 is 15.9 Å². The molecule has 0 N–H and O–H groups in total. The van der Waals surface area contributed by atoms with Crippen LogP contribution in [0.3, 0.4) is 0 Å². The minimum Gasteiger partial charge on any atom is -0.271 e. The van der Waals surface area contributed by atoms with Gasteiger partial charge in [-0.2, -0.15) is 5.10 Å². The maximum atomic E-state index is 11.8. The van der Waals surface area contributed by atoms with Gasteiger partial charge in [0, 0.05) is 7.05 Å². The first-order valence-electron chi connectivity index (χ1n) is 4.65. The molecule has 0 radical (unpaired) electrons. The number of nitrogens with zero attached hydrogens (tertiary/aromatic N) is 2. The van der Waals surface area contributed by atoms with Crippen molar-refractivity contribution < 1.29 is 4.79 Å². The molecule has 1 amide bonds. The Labute approximate surface area is 96.9 Å². The number of carbonyl (C=O) groups excluding carboxylic acids is 1. The van der Waals surface area contributed by atoms with E-state index in [-0.39, 0.29) is 5.91 Å². The number of alkyl halides is 1. The zero-order valence-corrected chi connectivity index (χ0v) is 10.2. The molecule has 0 saturated carbocycles. The minimum atomic E-state index is -0.705. The second kappa shape index (κ2) is 3.45. The van der Waals surface area contributed by atoms with Gasteiger partial charge in [-0.05, 0) is 12.5 Å². The number of hydrogen-bond acceptors (Lipinski definition) is 2. The third-order valence-corrected chi connectivity index (χ3v) is 3.15. The van der Waals surface area contributed by atoms with E-state index in [9.17, 15) is 4.79 Å². The molecule has 78 valence electrons. The van der Waals surface area contributed by atoms with Crippen LogP contribution < -0.4 is 0 Å². The van der Waals surface area contributed by atoms with Gasteiger partial charge in [-0.1, -0.05) is 46.3 Å². The summed E-state index contributed by atoms with van der Waals surface area (Å²) in [6.07, 6.45) is 0. The van der Waals surface area contributed by atoms with Crippen LogP contribution in [-0.2, 0) is 4.79 Å². The highest BCUT2D eigenvalue weighted by Crippen LogP contribution is 2.31. The maximum Gasteiger partial charge on any atom is 0.265 e. The molecule has 0 bridgehead atoms. The molecule has 2 rings (SSSR count). The van der Waals surface area contributed by atoms with Gasteiger partial charge in [0.15, 0.2) is 0 Å². The lowest BCUT2D eigenvalue weighted by Gasteiger charge is -2.15. The monoisotopic (exact) mass is 266 g/mol. The number of carbonyl (C=O) groups is 1. The van der Waals surface area contributed by atoms with Crippen LogP contribution in [-0.4, -0.2) is 28.0 Å². The molecule has 0 saturated heterocycles. The van der Waals surface area contributed by atoms with Crippen molar-refractivity contribution in [1.82, 2.24) is 5.01 Å². The lowest BCUT2D eigenvalue weighted by molar-refractivity contribution is -0.128. The summed E-state index contributed by atoms with van der Waals surface area (Å²) in [7, 11) is 1.66. The largest absolute Gasteiger partial charge is 0.271 e. The Morgan fingerprint density at radius 3 is 2.40 bits per heavy atom. The van der Waals surface area contributed by atoms with Crippen LogP contribution in [0.4, 0.5) is 0 Å². The molecular weight excluding hydrogens is 256 g/mol. The lowest BCUT2D eigenvalue weighted by atomic mass is 9.99. The first-order valence-corrected chi connectivity index (χ1v) is 5.44. The molecule has 1 unspecified atom stereocenters. The van der Waals surface area contributed by atoms with Crippen molar-refractivity contribution in [2.24, 2.45) is 5.10 Å². The smallest absolute Gasteiger partial charge is 0.265 e. The van der Waals surface area contributed by atoms with Crippen LogP contribution in [0.5, 0.6) is 0 Å². The molecular formula is C11H11BrN2O. The lowest BCUT2D eigenvalue weighted by Crippen LogP contribution is -2.37. The molecule has 1 aliphatic heterocycles. The first-order chi connectivity index (χ1) is 7.03. The molecule has 1 aromatic carbocycles. The number of benzene rings is 1. The fourth-order valence-electron chi connectivity index (χ4n) is 1.62. The fraction of sp³-hybridized carbons (Fsp3) is 0.273. The van der Waals surface area contributed by atoms with Gasteiger partial charge in [0.25, 0.3) is 5.91 Å². The molecule has 0 aromatic heterocycles. The fourth-order valence-corrected chi connectivity index (χ4v) is 2.18. The van der Waals surface area contributed by atoms with Gasteiger partial charge in [-0.25, -0.2) is 5.01 Å². The Morgan fingerprint density at radius 1 is 1.33 bits per heavy atom. The van der Waals surface area contributed by atoms with Crippen LogP contribution in [0.2, 0.25) is 0 Å². The Bertz CT molecular complexity index is 425. The van der Waals surface area contributed by atoms with Crippen LogP contribution in [0.25, 0.3) is 0 Å². The molecule has 0 aliphatic carbocycles. The summed E-state index contributed by atoms with van der Waals surface area (Å²) in [4.78, 5) is 11.8. The molecule has 1 atom stereocenters. The van der Waals surface area contributed by atoms with Gasteiger partial charge >= 0.3 is 0 Å². The highest BCUT2D eigenvalue weighted by atomic mass is 79.9. The van der Waals surface area contributed by atoms with E-state index >= 15 is 0 Å². The van der Waals surface area contributed by atoms with Gasteiger partial charge in [-0.15, -0.1) is 0 Å². The van der Waals surface area contributed by atoms with Gasteiger partial charge in [0.1, 0.15) is 4.32 Å². The van der Waals surface area contributed by atoms with Crippen molar-refractivity contribution in [1.29, 1.82) is 0 Å². The van der Waals surface area contributed by atoms with Crippen LogP contribution in [0.1, 0.15) is 12.5 Å². The second-order valence-electron chi connectivity index (χ2n) is 3.65. The number of rotatable bonds is 1. The molecule has 15 heavy (non-hydrogen) atoms. The zero-order valence-electron chi connectivity index (χ0n) is 8.57. The Hall–Kier alpha value is -1.16. The Kier molecular flexibility index (Phi) is 2.38. The van der Waals surface area contributed by atoms with Gasteiger partial charge < -0.3 is 0 Å². The molecule has 1 aliphatic rings. The summed E-state index contributed by atoms with van der Waals surface area (Å²) < 4.78 is -0.705. The second-order valence-corrected chi connectivity index (χ2v) is 5.23. The normalized spacial score (nSPS) is 25.7. The standard InChI is InChI=1S/C11H11BrN2O/c1-11(12)9(13-14(2)10(11)15)8-6-4-3-5-7-8/h3-7H,1-2H3.